The first-order valence-corrected chi connectivity index (χ1v) is 18.1. The Bertz CT molecular complexity index is 851. The second-order valence-corrected chi connectivity index (χ2v) is 12.4. The van der Waals surface area contributed by atoms with Crippen LogP contribution in [0.15, 0.2) is 30.3 Å². The van der Waals surface area contributed by atoms with Crippen LogP contribution in [0.5, 0.6) is 0 Å². The first-order valence-electron chi connectivity index (χ1n) is 17.7. The molecule has 0 spiro atoms. The van der Waals surface area contributed by atoms with Crippen LogP contribution < -0.4 is 16.0 Å². The first kappa shape index (κ1) is 39.8. The monoisotopic (exact) mass is 632 g/mol. The van der Waals surface area contributed by atoms with Crippen molar-refractivity contribution in [1.29, 1.82) is 0 Å². The van der Waals surface area contributed by atoms with E-state index in [9.17, 15) is 9.59 Å². The summed E-state index contributed by atoms with van der Waals surface area (Å²) in [6.07, 6.45) is 19.2. The standard InChI is InChI=1S/C36H64N4O3S/c1-4-7-8-9-10-11-12-13-14-15-19-27-34(44)37-28-21-20-26-33(35(41)38-29-22-23-30-40(5-2)6-3)39-36(42)43-31-32-24-17-16-18-25-32/h16-18,24-25,33H,4-15,19-23,26-31H2,1-3H3,(H,37,44)(H,38,41)(H,39,42)/t33-/m0/s1. The molecule has 1 aromatic carbocycles. The van der Waals surface area contributed by atoms with E-state index in [4.69, 9.17) is 17.0 Å². The Balaban J connectivity index is 2.28. The van der Waals surface area contributed by atoms with Crippen molar-refractivity contribution in [2.45, 2.75) is 143 Å². The lowest BCUT2D eigenvalue weighted by atomic mass is 10.1. The zero-order chi connectivity index (χ0) is 32.1. The Labute approximate surface area is 275 Å². The van der Waals surface area contributed by atoms with E-state index < -0.39 is 12.1 Å². The van der Waals surface area contributed by atoms with Gasteiger partial charge in [-0.15, -0.1) is 0 Å². The molecule has 0 aliphatic heterocycles. The number of alkyl carbamates (subject to hydrolysis) is 1. The van der Waals surface area contributed by atoms with Gasteiger partial charge in [0.1, 0.15) is 12.6 Å². The molecule has 0 unspecified atom stereocenters. The topological polar surface area (TPSA) is 82.7 Å². The molecule has 8 heteroatoms. The quantitative estimate of drug-likeness (QED) is 0.0637. The Kier molecular flexibility index (Phi) is 25.6. The summed E-state index contributed by atoms with van der Waals surface area (Å²) < 4.78 is 5.39. The van der Waals surface area contributed by atoms with Gasteiger partial charge in [0.25, 0.3) is 0 Å². The maximum atomic E-state index is 13.0. The van der Waals surface area contributed by atoms with Crippen molar-refractivity contribution in [3.05, 3.63) is 35.9 Å². The van der Waals surface area contributed by atoms with Crippen molar-refractivity contribution < 1.29 is 14.3 Å². The lowest BCUT2D eigenvalue weighted by Gasteiger charge is -2.20. The minimum atomic E-state index is -0.621. The van der Waals surface area contributed by atoms with Crippen LogP contribution >= 0.6 is 12.2 Å². The molecule has 2 amide bonds. The summed E-state index contributed by atoms with van der Waals surface area (Å²) in [5.74, 6) is -0.149. The Morgan fingerprint density at radius 3 is 1.98 bits per heavy atom. The molecule has 0 aromatic heterocycles. The highest BCUT2D eigenvalue weighted by atomic mass is 32.1. The van der Waals surface area contributed by atoms with Gasteiger partial charge in [-0.05, 0) is 70.1 Å². The van der Waals surface area contributed by atoms with Gasteiger partial charge >= 0.3 is 6.09 Å². The third-order valence-electron chi connectivity index (χ3n) is 8.17. The van der Waals surface area contributed by atoms with Crippen LogP contribution in [0.1, 0.15) is 135 Å². The van der Waals surface area contributed by atoms with Crippen LogP contribution in [0.25, 0.3) is 0 Å². The Morgan fingerprint density at radius 1 is 0.750 bits per heavy atom. The number of unbranched alkanes of at least 4 members (excludes halogenated alkanes) is 12. The second kappa shape index (κ2) is 28.3. The van der Waals surface area contributed by atoms with Crippen LogP contribution in [-0.2, 0) is 16.1 Å². The zero-order valence-corrected chi connectivity index (χ0v) is 29.1. The second-order valence-electron chi connectivity index (χ2n) is 11.9. The lowest BCUT2D eigenvalue weighted by molar-refractivity contribution is -0.123. The molecule has 0 radical (unpaired) electrons. The largest absolute Gasteiger partial charge is 0.445 e. The number of amides is 2. The van der Waals surface area contributed by atoms with Crippen LogP contribution in [0.3, 0.4) is 0 Å². The Morgan fingerprint density at radius 2 is 1.34 bits per heavy atom. The summed E-state index contributed by atoms with van der Waals surface area (Å²) >= 11 is 5.54. The van der Waals surface area contributed by atoms with E-state index >= 15 is 0 Å². The number of carbonyl (C=O) groups excluding carboxylic acids is 2. The third kappa shape index (κ3) is 22.3. The van der Waals surface area contributed by atoms with E-state index in [2.05, 4.69) is 41.6 Å². The smallest absolute Gasteiger partial charge is 0.408 e. The molecular formula is C36H64N4O3S. The molecule has 0 bridgehead atoms. The fourth-order valence-electron chi connectivity index (χ4n) is 5.25. The van der Waals surface area contributed by atoms with Gasteiger partial charge in [0, 0.05) is 13.1 Å². The molecule has 1 rings (SSSR count). The molecular weight excluding hydrogens is 568 g/mol. The van der Waals surface area contributed by atoms with E-state index in [0.717, 1.165) is 75.3 Å². The van der Waals surface area contributed by atoms with E-state index in [1.807, 2.05) is 30.3 Å². The fourth-order valence-corrected chi connectivity index (χ4v) is 5.50. The number of hydrogen-bond acceptors (Lipinski definition) is 5. The molecule has 1 aromatic rings. The van der Waals surface area contributed by atoms with Crippen LogP contribution in [0, 0.1) is 0 Å². The van der Waals surface area contributed by atoms with Gasteiger partial charge in [0.05, 0.1) is 4.99 Å². The van der Waals surface area contributed by atoms with Crippen molar-refractivity contribution in [3.8, 4) is 0 Å². The summed E-state index contributed by atoms with van der Waals surface area (Å²) in [4.78, 5) is 28.8. The van der Waals surface area contributed by atoms with Gasteiger partial charge in [0.2, 0.25) is 5.91 Å². The number of hydrogen-bond donors (Lipinski definition) is 3. The molecule has 0 aliphatic carbocycles. The first-order chi connectivity index (χ1) is 21.5. The highest BCUT2D eigenvalue weighted by Crippen LogP contribution is 2.12. The summed E-state index contributed by atoms with van der Waals surface area (Å²) in [5.41, 5.74) is 0.909. The number of thiocarbonyl (C=S) groups is 1. The van der Waals surface area contributed by atoms with Crippen molar-refractivity contribution in [2.75, 3.05) is 32.7 Å². The molecule has 252 valence electrons. The fraction of sp³-hybridized carbons (Fsp3) is 0.750. The average molecular weight is 633 g/mol. The maximum Gasteiger partial charge on any atom is 0.408 e. The normalized spacial score (nSPS) is 11.7. The number of rotatable bonds is 28. The molecule has 0 saturated heterocycles. The predicted octanol–water partition coefficient (Wildman–Crippen LogP) is 8.31. The molecule has 7 nitrogen and oxygen atoms in total. The summed E-state index contributed by atoms with van der Waals surface area (Å²) in [7, 11) is 0. The third-order valence-corrected chi connectivity index (χ3v) is 8.51. The number of nitrogens with zero attached hydrogens (tertiary/aromatic N) is 1. The lowest BCUT2D eigenvalue weighted by Crippen LogP contribution is -2.47. The molecule has 0 saturated carbocycles. The predicted molar refractivity (Wildman–Crippen MR) is 189 cm³/mol. The van der Waals surface area contributed by atoms with Crippen molar-refractivity contribution in [2.24, 2.45) is 0 Å². The summed E-state index contributed by atoms with van der Waals surface area (Å²) in [6.45, 7) is 11.3. The van der Waals surface area contributed by atoms with E-state index in [0.29, 0.717) is 13.0 Å². The van der Waals surface area contributed by atoms with E-state index in [-0.39, 0.29) is 12.5 Å². The molecule has 44 heavy (non-hydrogen) atoms. The minimum absolute atomic E-state index is 0.149. The molecule has 0 fully saturated rings. The number of nitrogens with one attached hydrogen (secondary N) is 3. The molecule has 0 aliphatic rings. The number of benzene rings is 1. The van der Waals surface area contributed by atoms with Gasteiger partial charge in [-0.3, -0.25) is 4.79 Å². The van der Waals surface area contributed by atoms with Gasteiger partial charge in [-0.1, -0.05) is 128 Å². The van der Waals surface area contributed by atoms with Crippen LogP contribution in [0.2, 0.25) is 0 Å². The zero-order valence-electron chi connectivity index (χ0n) is 28.3. The van der Waals surface area contributed by atoms with Crippen molar-refractivity contribution >= 4 is 29.2 Å². The van der Waals surface area contributed by atoms with Crippen molar-refractivity contribution in [3.63, 3.8) is 0 Å². The maximum absolute atomic E-state index is 13.0. The van der Waals surface area contributed by atoms with Crippen molar-refractivity contribution in [1.82, 2.24) is 20.9 Å². The highest BCUT2D eigenvalue weighted by Gasteiger charge is 2.21. The molecule has 3 N–H and O–H groups in total. The average Bonchev–Trinajstić information content (AvgIpc) is 3.04. The SMILES string of the molecule is CCCCCCCCCCCCCC(=S)NCCCC[C@H](NC(=O)OCc1ccccc1)C(=O)NCCCCN(CC)CC. The van der Waals surface area contributed by atoms with Crippen LogP contribution in [0.4, 0.5) is 4.79 Å². The van der Waals surface area contributed by atoms with E-state index in [1.165, 1.54) is 64.2 Å². The number of carbonyl (C=O) groups is 2. The minimum Gasteiger partial charge on any atom is -0.445 e. The van der Waals surface area contributed by atoms with Gasteiger partial charge < -0.3 is 25.6 Å². The Hall–Kier alpha value is -2.19. The summed E-state index contributed by atoms with van der Waals surface area (Å²) in [6, 6.07) is 8.93. The number of ether oxygens (including phenoxy) is 1. The van der Waals surface area contributed by atoms with Gasteiger partial charge in [-0.2, -0.15) is 0 Å². The van der Waals surface area contributed by atoms with Gasteiger partial charge in [0.15, 0.2) is 0 Å². The van der Waals surface area contributed by atoms with Crippen LogP contribution in [-0.4, -0.2) is 60.7 Å². The highest BCUT2D eigenvalue weighted by molar-refractivity contribution is 7.80. The molecule has 1 atom stereocenters. The summed E-state index contributed by atoms with van der Waals surface area (Å²) in [5, 5.41) is 9.20. The molecule has 0 heterocycles. The van der Waals surface area contributed by atoms with E-state index in [1.54, 1.807) is 0 Å². The van der Waals surface area contributed by atoms with Gasteiger partial charge in [-0.25, -0.2) is 4.79 Å².